The zero-order valence-corrected chi connectivity index (χ0v) is 16.6. The van der Waals surface area contributed by atoms with E-state index >= 15 is 0 Å². The Morgan fingerprint density at radius 2 is 1.56 bits per heavy atom. The number of nitrogens with zero attached hydrogens (tertiary/aromatic N) is 6. The Morgan fingerprint density at radius 1 is 0.812 bits per heavy atom. The van der Waals surface area contributed by atoms with Crippen molar-refractivity contribution >= 4 is 0 Å². The van der Waals surface area contributed by atoms with E-state index in [9.17, 15) is 8.78 Å². The van der Waals surface area contributed by atoms with Crippen molar-refractivity contribution in [3.63, 3.8) is 0 Å². The van der Waals surface area contributed by atoms with Crippen LogP contribution in [0, 0.1) is 0 Å². The molecule has 0 bridgehead atoms. The second-order valence-corrected chi connectivity index (χ2v) is 7.06. The third-order valence-corrected chi connectivity index (χ3v) is 4.89. The van der Waals surface area contributed by atoms with Crippen LogP contribution in [0.3, 0.4) is 0 Å². The van der Waals surface area contributed by atoms with Crippen molar-refractivity contribution in [3.8, 4) is 33.8 Å². The molecule has 5 rings (SSSR count). The van der Waals surface area contributed by atoms with E-state index < -0.39 is 12.3 Å². The minimum Gasteiger partial charge on any atom is -0.415 e. The number of alkyl halides is 2. The van der Waals surface area contributed by atoms with Crippen LogP contribution in [0.1, 0.15) is 17.9 Å². The normalized spacial score (nSPS) is 11.2. The molecule has 2 aromatic carbocycles. The van der Waals surface area contributed by atoms with Crippen LogP contribution in [0.4, 0.5) is 8.78 Å². The molecule has 0 saturated carbocycles. The third-order valence-electron chi connectivity index (χ3n) is 4.89. The molecule has 0 atom stereocenters. The molecule has 158 valence electrons. The van der Waals surface area contributed by atoms with E-state index in [1.165, 1.54) is 0 Å². The average molecular weight is 430 g/mol. The Labute approximate surface area is 181 Å². The molecule has 3 heterocycles. The highest BCUT2D eigenvalue weighted by molar-refractivity contribution is 5.67. The first-order valence-corrected chi connectivity index (χ1v) is 9.77. The summed E-state index contributed by atoms with van der Waals surface area (Å²) in [5.74, 6) is -0.627. The van der Waals surface area contributed by atoms with Gasteiger partial charge >= 0.3 is 6.43 Å². The summed E-state index contributed by atoms with van der Waals surface area (Å²) in [7, 11) is 0. The summed E-state index contributed by atoms with van der Waals surface area (Å²) in [6.45, 7) is 0.507. The lowest BCUT2D eigenvalue weighted by molar-refractivity contribution is 0.116. The second kappa shape index (κ2) is 8.46. The van der Waals surface area contributed by atoms with Crippen molar-refractivity contribution in [1.29, 1.82) is 0 Å². The van der Waals surface area contributed by atoms with Gasteiger partial charge in [0.1, 0.15) is 5.69 Å². The van der Waals surface area contributed by atoms with Gasteiger partial charge in [0.15, 0.2) is 0 Å². The number of pyridine rings is 1. The first kappa shape index (κ1) is 19.7. The first-order chi connectivity index (χ1) is 15.7. The minimum absolute atomic E-state index is 0.0598. The van der Waals surface area contributed by atoms with Crippen LogP contribution in [0.2, 0.25) is 0 Å². The second-order valence-electron chi connectivity index (χ2n) is 7.06. The van der Waals surface area contributed by atoms with E-state index in [1.807, 2.05) is 60.9 Å². The molecule has 0 N–H and O–H groups in total. The van der Waals surface area contributed by atoms with E-state index in [2.05, 4.69) is 25.5 Å². The van der Waals surface area contributed by atoms with Gasteiger partial charge in [0.25, 0.3) is 5.89 Å². The van der Waals surface area contributed by atoms with Crippen LogP contribution in [-0.4, -0.2) is 30.2 Å². The van der Waals surface area contributed by atoms with E-state index in [0.717, 1.165) is 27.9 Å². The highest BCUT2D eigenvalue weighted by Gasteiger charge is 2.17. The van der Waals surface area contributed by atoms with E-state index in [1.54, 1.807) is 23.0 Å². The fourth-order valence-electron chi connectivity index (χ4n) is 3.25. The van der Waals surface area contributed by atoms with Gasteiger partial charge in [-0.1, -0.05) is 47.7 Å². The fraction of sp³-hybridized carbons (Fsp3) is 0.0870. The lowest BCUT2D eigenvalue weighted by Gasteiger charge is -2.03. The van der Waals surface area contributed by atoms with E-state index in [-0.39, 0.29) is 5.89 Å². The van der Waals surface area contributed by atoms with Gasteiger partial charge in [0, 0.05) is 23.5 Å². The van der Waals surface area contributed by atoms with Gasteiger partial charge in [-0.15, -0.1) is 15.3 Å². The molecule has 5 aromatic rings. The lowest BCUT2D eigenvalue weighted by Crippen LogP contribution is -2.00. The fourth-order valence-corrected chi connectivity index (χ4v) is 3.25. The SMILES string of the molecule is FC(F)c1nnc(-c2ccc(Cn3cc(-c4ccc(-c5cccnc5)cc4)nn3)cc2)o1. The average Bonchev–Trinajstić information content (AvgIpc) is 3.51. The Kier molecular flexibility index (Phi) is 5.20. The molecule has 0 aliphatic carbocycles. The molecule has 3 aromatic heterocycles. The molecule has 7 nitrogen and oxygen atoms in total. The monoisotopic (exact) mass is 430 g/mol. The van der Waals surface area contributed by atoms with Crippen molar-refractivity contribution in [2.75, 3.05) is 0 Å². The minimum atomic E-state index is -2.79. The number of hydrogen-bond donors (Lipinski definition) is 0. The van der Waals surface area contributed by atoms with Gasteiger partial charge in [-0.2, -0.15) is 8.78 Å². The third kappa shape index (κ3) is 4.13. The molecule has 32 heavy (non-hydrogen) atoms. The van der Waals surface area contributed by atoms with Crippen LogP contribution < -0.4 is 0 Å². The van der Waals surface area contributed by atoms with Crippen LogP contribution in [0.15, 0.2) is 83.7 Å². The summed E-state index contributed by atoms with van der Waals surface area (Å²) in [5.41, 5.74) is 5.40. The highest BCUT2D eigenvalue weighted by Crippen LogP contribution is 2.25. The van der Waals surface area contributed by atoms with Crippen molar-refractivity contribution in [1.82, 2.24) is 30.2 Å². The molecule has 0 spiro atoms. The summed E-state index contributed by atoms with van der Waals surface area (Å²) in [6, 6.07) is 19.2. The van der Waals surface area contributed by atoms with Crippen molar-refractivity contribution in [2.45, 2.75) is 13.0 Å². The maximum absolute atomic E-state index is 12.6. The van der Waals surface area contributed by atoms with E-state index in [0.29, 0.717) is 12.1 Å². The molecular weight excluding hydrogens is 414 g/mol. The van der Waals surface area contributed by atoms with Crippen LogP contribution >= 0.6 is 0 Å². The molecule has 0 aliphatic rings. The smallest absolute Gasteiger partial charge is 0.314 e. The summed E-state index contributed by atoms with van der Waals surface area (Å²) in [5, 5.41) is 15.5. The first-order valence-electron chi connectivity index (χ1n) is 9.77. The van der Waals surface area contributed by atoms with Crippen molar-refractivity contribution in [2.24, 2.45) is 0 Å². The number of halogens is 2. The molecular formula is C23H16F2N6O. The Bertz CT molecular complexity index is 1310. The maximum Gasteiger partial charge on any atom is 0.314 e. The number of hydrogen-bond acceptors (Lipinski definition) is 6. The van der Waals surface area contributed by atoms with Crippen LogP contribution in [0.25, 0.3) is 33.8 Å². The molecule has 0 fully saturated rings. The largest absolute Gasteiger partial charge is 0.415 e. The predicted molar refractivity (Wildman–Crippen MR) is 112 cm³/mol. The topological polar surface area (TPSA) is 82.5 Å². The van der Waals surface area contributed by atoms with Gasteiger partial charge < -0.3 is 4.42 Å². The number of rotatable bonds is 6. The zero-order chi connectivity index (χ0) is 21.9. The van der Waals surface area contributed by atoms with Crippen LogP contribution in [0.5, 0.6) is 0 Å². The Balaban J connectivity index is 1.28. The van der Waals surface area contributed by atoms with Crippen molar-refractivity contribution in [3.05, 3.63) is 90.7 Å². The summed E-state index contributed by atoms with van der Waals surface area (Å²) in [6.07, 6.45) is 2.66. The molecule has 0 radical (unpaired) electrons. The van der Waals surface area contributed by atoms with Crippen molar-refractivity contribution < 1.29 is 13.2 Å². The van der Waals surface area contributed by atoms with Gasteiger partial charge in [-0.3, -0.25) is 4.98 Å². The number of benzene rings is 2. The lowest BCUT2D eigenvalue weighted by atomic mass is 10.0. The Morgan fingerprint density at radius 3 is 2.25 bits per heavy atom. The zero-order valence-electron chi connectivity index (χ0n) is 16.6. The molecule has 0 amide bonds. The van der Waals surface area contributed by atoms with Gasteiger partial charge in [-0.25, -0.2) is 4.68 Å². The van der Waals surface area contributed by atoms with Gasteiger partial charge in [0.2, 0.25) is 5.89 Å². The quantitative estimate of drug-likeness (QED) is 0.375. The Hall–Kier alpha value is -4.27. The summed E-state index contributed by atoms with van der Waals surface area (Å²) >= 11 is 0. The summed E-state index contributed by atoms with van der Waals surface area (Å²) < 4.78 is 31.9. The number of aromatic nitrogens is 6. The predicted octanol–water partition coefficient (Wildman–Crippen LogP) is 5.04. The summed E-state index contributed by atoms with van der Waals surface area (Å²) in [4.78, 5) is 4.15. The highest BCUT2D eigenvalue weighted by atomic mass is 19.3. The molecule has 0 unspecified atom stereocenters. The molecule has 0 saturated heterocycles. The van der Waals surface area contributed by atoms with E-state index in [4.69, 9.17) is 4.42 Å². The molecule has 9 heteroatoms. The van der Waals surface area contributed by atoms with Gasteiger partial charge in [0.05, 0.1) is 12.7 Å². The molecule has 0 aliphatic heterocycles. The standard InChI is InChI=1S/C23H16F2N6O/c24-21(25)23-29-28-22(32-23)18-5-3-15(4-6-18)13-31-14-20(27-30-31)17-9-7-16(8-10-17)19-2-1-11-26-12-19/h1-12,14,21H,13H2. The van der Waals surface area contributed by atoms with Gasteiger partial charge in [-0.05, 0) is 34.9 Å². The maximum atomic E-state index is 12.6. The van der Waals surface area contributed by atoms with Crippen LogP contribution in [-0.2, 0) is 6.54 Å².